The molecule has 0 radical (unpaired) electrons. The molecule has 4 N–H and O–H groups in total. The minimum atomic E-state index is -0.823. The zero-order chi connectivity index (χ0) is 12.9. The lowest BCUT2D eigenvalue weighted by molar-refractivity contribution is 0.470. The van der Waals surface area contributed by atoms with E-state index >= 15 is 0 Å². The Hall–Kier alpha value is -1.71. The number of hydrogen-bond acceptors (Lipinski definition) is 3. The van der Waals surface area contributed by atoms with Crippen LogP contribution in [-0.2, 0) is 5.66 Å². The molecule has 0 spiro atoms. The number of aromatic nitrogens is 1. The van der Waals surface area contributed by atoms with Crippen LogP contribution in [0.2, 0.25) is 0 Å². The van der Waals surface area contributed by atoms with Crippen molar-refractivity contribution in [1.82, 2.24) is 4.98 Å². The van der Waals surface area contributed by atoms with Gasteiger partial charge < -0.3 is 11.5 Å². The molecule has 1 aromatic carbocycles. The van der Waals surface area contributed by atoms with Gasteiger partial charge >= 0.3 is 0 Å². The van der Waals surface area contributed by atoms with Crippen LogP contribution in [0, 0.1) is 13.8 Å². The van der Waals surface area contributed by atoms with Crippen LogP contribution in [0.15, 0.2) is 24.3 Å². The number of hydrogen-bond donors (Lipinski definition) is 2. The summed E-state index contributed by atoms with van der Waals surface area (Å²) in [4.78, 5) is 4.65. The predicted molar refractivity (Wildman–Crippen MR) is 74.9 cm³/mol. The van der Waals surface area contributed by atoms with Crippen LogP contribution < -0.4 is 11.5 Å². The minimum Gasteiger partial charge on any atom is -0.309 e. The molecule has 18 heavy (non-hydrogen) atoms. The Kier molecular flexibility index (Phi) is 2.30. The Morgan fingerprint density at radius 1 is 1.22 bits per heavy atom. The maximum Gasteiger partial charge on any atom is 0.0962 e. The van der Waals surface area contributed by atoms with Crippen LogP contribution >= 0.6 is 0 Å². The van der Waals surface area contributed by atoms with Crippen LogP contribution in [0.4, 0.5) is 0 Å². The average molecular weight is 239 g/mol. The van der Waals surface area contributed by atoms with Gasteiger partial charge in [0.25, 0.3) is 0 Å². The topological polar surface area (TPSA) is 64.9 Å². The first-order chi connectivity index (χ1) is 8.49. The molecule has 0 aliphatic heterocycles. The zero-order valence-electron chi connectivity index (χ0n) is 10.7. The van der Waals surface area contributed by atoms with Gasteiger partial charge in [-0.1, -0.05) is 24.3 Å². The highest BCUT2D eigenvalue weighted by Gasteiger charge is 2.29. The van der Waals surface area contributed by atoms with Crippen LogP contribution in [0.3, 0.4) is 0 Å². The lowest BCUT2D eigenvalue weighted by atomic mass is 9.85. The smallest absolute Gasteiger partial charge is 0.0962 e. The summed E-state index contributed by atoms with van der Waals surface area (Å²) in [7, 11) is 0. The van der Waals surface area contributed by atoms with Crippen molar-refractivity contribution < 1.29 is 0 Å². The fraction of sp³-hybridized carbons (Fsp3) is 0.267. The van der Waals surface area contributed by atoms with Gasteiger partial charge in [-0.3, -0.25) is 4.98 Å². The molecule has 1 aromatic heterocycles. The van der Waals surface area contributed by atoms with Gasteiger partial charge in [-0.15, -0.1) is 0 Å². The van der Waals surface area contributed by atoms with E-state index in [2.05, 4.69) is 36.2 Å². The van der Waals surface area contributed by atoms with E-state index < -0.39 is 5.66 Å². The van der Waals surface area contributed by atoms with E-state index in [0.29, 0.717) is 6.42 Å². The third-order valence-corrected chi connectivity index (χ3v) is 3.57. The van der Waals surface area contributed by atoms with Gasteiger partial charge in [0.1, 0.15) is 0 Å². The molecule has 92 valence electrons. The van der Waals surface area contributed by atoms with Gasteiger partial charge in [-0.25, -0.2) is 0 Å². The Labute approximate surface area is 107 Å². The summed E-state index contributed by atoms with van der Waals surface area (Å²) in [6, 6.07) is 6.26. The summed E-state index contributed by atoms with van der Waals surface area (Å²) < 4.78 is 0. The molecule has 1 aliphatic carbocycles. The molecule has 2 aromatic rings. The van der Waals surface area contributed by atoms with E-state index in [1.54, 1.807) is 0 Å². The van der Waals surface area contributed by atoms with Crippen molar-refractivity contribution in [3.05, 3.63) is 46.7 Å². The van der Waals surface area contributed by atoms with Gasteiger partial charge in [0.2, 0.25) is 0 Å². The molecule has 3 heteroatoms. The van der Waals surface area contributed by atoms with Gasteiger partial charge in [-0.2, -0.15) is 0 Å². The molecule has 0 saturated carbocycles. The fourth-order valence-electron chi connectivity index (χ4n) is 2.75. The number of rotatable bonds is 0. The largest absolute Gasteiger partial charge is 0.309 e. The number of fused-ring (bicyclic) bond motifs is 3. The first kappa shape index (κ1) is 11.4. The number of nitrogens with two attached hydrogens (primary N) is 2. The quantitative estimate of drug-likeness (QED) is 0.693. The van der Waals surface area contributed by atoms with E-state index in [1.807, 2.05) is 13.0 Å². The lowest BCUT2D eigenvalue weighted by Crippen LogP contribution is -2.47. The molecule has 0 fully saturated rings. The molecule has 0 bridgehead atoms. The van der Waals surface area contributed by atoms with E-state index in [0.717, 1.165) is 27.7 Å². The lowest BCUT2D eigenvalue weighted by Gasteiger charge is -2.30. The minimum absolute atomic E-state index is 0.647. The van der Waals surface area contributed by atoms with Crippen molar-refractivity contribution >= 4 is 17.0 Å². The Morgan fingerprint density at radius 2 is 2.00 bits per heavy atom. The van der Waals surface area contributed by atoms with Crippen LogP contribution in [0.1, 0.15) is 28.8 Å². The monoisotopic (exact) mass is 239 g/mol. The van der Waals surface area contributed by atoms with E-state index in [4.69, 9.17) is 11.5 Å². The summed E-state index contributed by atoms with van der Waals surface area (Å²) >= 11 is 0. The summed E-state index contributed by atoms with van der Waals surface area (Å²) in [5, 5.41) is 1.13. The summed E-state index contributed by atoms with van der Waals surface area (Å²) in [6.07, 6.45) is 4.75. The van der Waals surface area contributed by atoms with E-state index in [-0.39, 0.29) is 0 Å². The number of nitrogens with zero attached hydrogens (tertiary/aromatic N) is 1. The van der Waals surface area contributed by atoms with Gasteiger partial charge in [0.05, 0.1) is 11.2 Å². The second-order valence-electron chi connectivity index (χ2n) is 5.15. The zero-order valence-corrected chi connectivity index (χ0v) is 10.7. The highest BCUT2D eigenvalue weighted by molar-refractivity contribution is 5.89. The molecule has 0 saturated heterocycles. The number of benzene rings is 1. The molecular weight excluding hydrogens is 222 g/mol. The summed E-state index contributed by atoms with van der Waals surface area (Å²) in [5.74, 6) is 0. The standard InChI is InChI=1S/C15H17N3/c1-9-8-10(2)18-14-12(9)6-5-11-4-3-7-15(16,17)13(11)14/h3-6,8H,7,16-17H2,1-2H3. The normalized spacial score (nSPS) is 16.9. The molecule has 0 atom stereocenters. The van der Waals surface area contributed by atoms with Gasteiger partial charge in [0.15, 0.2) is 0 Å². The third-order valence-electron chi connectivity index (χ3n) is 3.57. The molecule has 1 heterocycles. The number of pyridine rings is 1. The molecule has 1 aliphatic rings. The van der Waals surface area contributed by atoms with E-state index in [9.17, 15) is 0 Å². The van der Waals surface area contributed by atoms with Crippen LogP contribution in [0.25, 0.3) is 17.0 Å². The molecule has 3 rings (SSSR count). The van der Waals surface area contributed by atoms with Gasteiger partial charge in [-0.05, 0) is 31.0 Å². The summed E-state index contributed by atoms with van der Waals surface area (Å²) in [6.45, 7) is 4.09. The highest BCUT2D eigenvalue weighted by Crippen LogP contribution is 2.34. The van der Waals surface area contributed by atoms with Gasteiger partial charge in [0, 0.05) is 23.1 Å². The molecule has 0 amide bonds. The summed E-state index contributed by atoms with van der Waals surface area (Å²) in [5.41, 5.74) is 16.9. The predicted octanol–water partition coefficient (Wildman–Crippen LogP) is 2.34. The van der Waals surface area contributed by atoms with Crippen molar-refractivity contribution in [2.75, 3.05) is 0 Å². The first-order valence-corrected chi connectivity index (χ1v) is 6.15. The maximum absolute atomic E-state index is 6.24. The molecule has 3 nitrogen and oxygen atoms in total. The van der Waals surface area contributed by atoms with Crippen LogP contribution in [0.5, 0.6) is 0 Å². The maximum atomic E-state index is 6.24. The van der Waals surface area contributed by atoms with E-state index in [1.165, 1.54) is 5.56 Å². The molecule has 0 unspecified atom stereocenters. The Balaban J connectivity index is 2.48. The Morgan fingerprint density at radius 3 is 2.78 bits per heavy atom. The fourth-order valence-corrected chi connectivity index (χ4v) is 2.75. The third kappa shape index (κ3) is 1.55. The molecular formula is C15H17N3. The second-order valence-corrected chi connectivity index (χ2v) is 5.15. The van der Waals surface area contributed by atoms with Crippen molar-refractivity contribution in [3.8, 4) is 0 Å². The first-order valence-electron chi connectivity index (χ1n) is 6.15. The van der Waals surface area contributed by atoms with Crippen LogP contribution in [-0.4, -0.2) is 4.98 Å². The average Bonchev–Trinajstić information content (AvgIpc) is 2.27. The van der Waals surface area contributed by atoms with Crippen molar-refractivity contribution in [2.45, 2.75) is 25.9 Å². The van der Waals surface area contributed by atoms with Crippen molar-refractivity contribution in [2.24, 2.45) is 11.5 Å². The SMILES string of the molecule is Cc1cc(C)c2ccc3c(c2n1)C(N)(N)CC=C3. The number of aryl methyl sites for hydroxylation is 2. The Bertz CT molecular complexity index is 669. The van der Waals surface area contributed by atoms with Crippen molar-refractivity contribution in [1.29, 1.82) is 0 Å². The second kappa shape index (κ2) is 3.64. The highest BCUT2D eigenvalue weighted by atomic mass is 15.0. The van der Waals surface area contributed by atoms with Crippen molar-refractivity contribution in [3.63, 3.8) is 0 Å².